The SMILES string of the molecule is C[C@@]12CC[C@H]3C[C@@]1(C(=O)N1CCN(c4ccccn4)CC1)OC[C@@]32C. The van der Waals surface area contributed by atoms with E-state index in [1.54, 1.807) is 0 Å². The van der Waals surface area contributed by atoms with Crippen molar-refractivity contribution in [2.45, 2.75) is 38.7 Å². The lowest BCUT2D eigenvalue weighted by Gasteiger charge is -2.45. The molecule has 4 aliphatic rings. The zero-order chi connectivity index (χ0) is 17.3. The predicted octanol–water partition coefficient (Wildman–Crippen LogP) is 2.33. The highest BCUT2D eigenvalue weighted by atomic mass is 16.5. The number of aromatic nitrogens is 1. The lowest BCUT2D eigenvalue weighted by atomic mass is 9.66. The van der Waals surface area contributed by atoms with Gasteiger partial charge in [-0.05, 0) is 37.3 Å². The van der Waals surface area contributed by atoms with Crippen LogP contribution in [0.3, 0.4) is 0 Å². The average Bonchev–Trinajstić information content (AvgIpc) is 3.13. The summed E-state index contributed by atoms with van der Waals surface area (Å²) >= 11 is 0. The first-order valence-electron chi connectivity index (χ1n) is 9.60. The molecule has 2 saturated heterocycles. The van der Waals surface area contributed by atoms with Crippen molar-refractivity contribution in [3.05, 3.63) is 24.4 Å². The molecule has 2 aliphatic carbocycles. The Kier molecular flexibility index (Phi) is 3.10. The van der Waals surface area contributed by atoms with Gasteiger partial charge < -0.3 is 14.5 Å². The zero-order valence-corrected chi connectivity index (χ0v) is 15.2. The molecule has 0 unspecified atom stereocenters. The minimum absolute atomic E-state index is 0.0138. The normalized spacial score (nSPS) is 42.2. The largest absolute Gasteiger partial charge is 0.364 e. The summed E-state index contributed by atoms with van der Waals surface area (Å²) in [7, 11) is 0. The molecule has 2 saturated carbocycles. The summed E-state index contributed by atoms with van der Waals surface area (Å²) in [5.74, 6) is 1.91. The topological polar surface area (TPSA) is 45.7 Å². The lowest BCUT2D eigenvalue weighted by Crippen LogP contribution is -2.60. The number of hydrogen-bond acceptors (Lipinski definition) is 4. The minimum atomic E-state index is -0.558. The van der Waals surface area contributed by atoms with Crippen molar-refractivity contribution in [3.63, 3.8) is 0 Å². The van der Waals surface area contributed by atoms with Crippen molar-refractivity contribution in [2.24, 2.45) is 16.7 Å². The molecule has 4 atom stereocenters. The molecule has 1 aromatic rings. The number of nitrogens with zero attached hydrogens (tertiary/aromatic N) is 3. The summed E-state index contributed by atoms with van der Waals surface area (Å²) < 4.78 is 6.29. The van der Waals surface area contributed by atoms with Gasteiger partial charge >= 0.3 is 0 Å². The number of rotatable bonds is 2. The second-order valence-electron chi connectivity index (χ2n) is 8.77. The summed E-state index contributed by atoms with van der Waals surface area (Å²) in [5.41, 5.74) is -0.351. The fourth-order valence-electron chi connectivity index (χ4n) is 6.17. The number of hydrogen-bond donors (Lipinski definition) is 0. The van der Waals surface area contributed by atoms with Crippen LogP contribution in [0.5, 0.6) is 0 Å². The van der Waals surface area contributed by atoms with Gasteiger partial charge in [-0.1, -0.05) is 19.9 Å². The first-order valence-corrected chi connectivity index (χ1v) is 9.60. The van der Waals surface area contributed by atoms with Crippen LogP contribution < -0.4 is 4.90 Å². The molecule has 5 nitrogen and oxygen atoms in total. The van der Waals surface area contributed by atoms with Gasteiger partial charge in [-0.2, -0.15) is 0 Å². The molecule has 4 bridgehead atoms. The molecule has 25 heavy (non-hydrogen) atoms. The molecule has 1 amide bonds. The van der Waals surface area contributed by atoms with E-state index >= 15 is 0 Å². The van der Waals surface area contributed by atoms with Gasteiger partial charge in [0, 0.05) is 43.2 Å². The first-order chi connectivity index (χ1) is 12.0. The number of piperazine rings is 1. The van der Waals surface area contributed by atoms with Crippen molar-refractivity contribution in [2.75, 3.05) is 37.7 Å². The summed E-state index contributed by atoms with van der Waals surface area (Å²) in [4.78, 5) is 22.3. The van der Waals surface area contributed by atoms with Crippen LogP contribution in [0.15, 0.2) is 24.4 Å². The Morgan fingerprint density at radius 1 is 1.24 bits per heavy atom. The molecular formula is C20H27N3O2. The fraction of sp³-hybridized carbons (Fsp3) is 0.700. The second kappa shape index (κ2) is 4.97. The van der Waals surface area contributed by atoms with E-state index in [-0.39, 0.29) is 16.7 Å². The maximum absolute atomic E-state index is 13.5. The van der Waals surface area contributed by atoms with Gasteiger partial charge in [-0.25, -0.2) is 4.98 Å². The van der Waals surface area contributed by atoms with E-state index in [9.17, 15) is 4.79 Å². The standard InChI is InChI=1S/C20H27N3O2/c1-18-14-25-20(13-15(18)6-7-19(18,20)2)17(24)23-11-9-22(10-12-23)16-5-3-4-8-21-16/h3-5,8,15H,6-7,9-14H2,1-2H3/t15-,18-,19-,20-/m0/s1. The molecule has 1 aromatic heterocycles. The number of ether oxygens (including phenoxy) is 1. The Morgan fingerprint density at radius 3 is 2.68 bits per heavy atom. The molecule has 3 heterocycles. The third-order valence-corrected chi connectivity index (χ3v) is 8.08. The van der Waals surface area contributed by atoms with E-state index in [2.05, 4.69) is 28.6 Å². The fourth-order valence-corrected chi connectivity index (χ4v) is 6.17. The third kappa shape index (κ3) is 1.77. The molecule has 134 valence electrons. The number of anilines is 1. The van der Waals surface area contributed by atoms with Crippen LogP contribution in [0, 0.1) is 16.7 Å². The Hall–Kier alpha value is -1.62. The molecule has 0 aromatic carbocycles. The maximum Gasteiger partial charge on any atom is 0.255 e. The monoisotopic (exact) mass is 341 g/mol. The van der Waals surface area contributed by atoms with Crippen LogP contribution in [0.1, 0.15) is 33.1 Å². The van der Waals surface area contributed by atoms with Crippen molar-refractivity contribution in [1.82, 2.24) is 9.88 Å². The molecule has 5 heteroatoms. The summed E-state index contributed by atoms with van der Waals surface area (Å²) in [6.45, 7) is 8.64. The van der Waals surface area contributed by atoms with Gasteiger partial charge in [-0.15, -0.1) is 0 Å². The Balaban J connectivity index is 1.34. The van der Waals surface area contributed by atoms with Gasteiger partial charge in [0.2, 0.25) is 0 Å². The molecule has 5 rings (SSSR count). The van der Waals surface area contributed by atoms with Crippen LogP contribution in [-0.2, 0) is 9.53 Å². The number of carbonyl (C=O) groups excluding carboxylic acids is 1. The van der Waals surface area contributed by atoms with Crippen molar-refractivity contribution in [3.8, 4) is 0 Å². The predicted molar refractivity (Wildman–Crippen MR) is 95.3 cm³/mol. The van der Waals surface area contributed by atoms with Crippen LogP contribution in [0.25, 0.3) is 0 Å². The van der Waals surface area contributed by atoms with E-state index < -0.39 is 5.60 Å². The number of pyridine rings is 1. The second-order valence-corrected chi connectivity index (χ2v) is 8.77. The summed E-state index contributed by atoms with van der Waals surface area (Å²) in [6, 6.07) is 5.99. The van der Waals surface area contributed by atoms with Crippen molar-refractivity contribution < 1.29 is 9.53 Å². The van der Waals surface area contributed by atoms with Crippen molar-refractivity contribution >= 4 is 11.7 Å². The van der Waals surface area contributed by atoms with Crippen LogP contribution in [-0.4, -0.2) is 54.2 Å². The zero-order valence-electron chi connectivity index (χ0n) is 15.2. The average molecular weight is 341 g/mol. The van der Waals surface area contributed by atoms with Gasteiger partial charge in [0.25, 0.3) is 5.91 Å². The van der Waals surface area contributed by atoms with E-state index in [0.717, 1.165) is 51.4 Å². The van der Waals surface area contributed by atoms with Crippen LogP contribution in [0.4, 0.5) is 5.82 Å². The highest BCUT2D eigenvalue weighted by molar-refractivity contribution is 5.88. The summed E-state index contributed by atoms with van der Waals surface area (Å²) in [5, 5.41) is 0. The number of amides is 1. The smallest absolute Gasteiger partial charge is 0.255 e. The van der Waals surface area contributed by atoms with Gasteiger partial charge in [0.1, 0.15) is 5.82 Å². The molecule has 2 aliphatic heterocycles. The Bertz CT molecular complexity index is 702. The van der Waals surface area contributed by atoms with Crippen LogP contribution >= 0.6 is 0 Å². The Labute approximate surface area is 149 Å². The molecule has 0 radical (unpaired) electrons. The van der Waals surface area contributed by atoms with Gasteiger partial charge in [0.05, 0.1) is 6.61 Å². The van der Waals surface area contributed by atoms with Crippen molar-refractivity contribution in [1.29, 1.82) is 0 Å². The molecular weight excluding hydrogens is 314 g/mol. The van der Waals surface area contributed by atoms with E-state index in [0.29, 0.717) is 5.92 Å². The minimum Gasteiger partial charge on any atom is -0.364 e. The van der Waals surface area contributed by atoms with Gasteiger partial charge in [-0.3, -0.25) is 4.79 Å². The molecule has 0 spiro atoms. The van der Waals surface area contributed by atoms with E-state index in [1.807, 2.05) is 24.4 Å². The van der Waals surface area contributed by atoms with Crippen LogP contribution in [0.2, 0.25) is 0 Å². The molecule has 0 N–H and O–H groups in total. The Morgan fingerprint density at radius 2 is 2.04 bits per heavy atom. The third-order valence-electron chi connectivity index (χ3n) is 8.08. The first kappa shape index (κ1) is 15.6. The highest BCUT2D eigenvalue weighted by Gasteiger charge is 2.78. The quantitative estimate of drug-likeness (QED) is 0.828. The van der Waals surface area contributed by atoms with E-state index in [1.165, 1.54) is 6.42 Å². The van der Waals surface area contributed by atoms with E-state index in [4.69, 9.17) is 4.74 Å². The van der Waals surface area contributed by atoms with Gasteiger partial charge in [0.15, 0.2) is 5.60 Å². The molecule has 4 fully saturated rings. The number of carbonyl (C=O) groups is 1. The lowest BCUT2D eigenvalue weighted by molar-refractivity contribution is -0.167. The highest BCUT2D eigenvalue weighted by Crippen LogP contribution is 2.75. The maximum atomic E-state index is 13.5. The summed E-state index contributed by atoms with van der Waals surface area (Å²) in [6.07, 6.45) is 5.15.